The van der Waals surface area contributed by atoms with Gasteiger partial charge in [0.1, 0.15) is 0 Å². The minimum absolute atomic E-state index is 0.0450. The van der Waals surface area contributed by atoms with Crippen molar-refractivity contribution in [2.24, 2.45) is 5.92 Å². The molecule has 2 N–H and O–H groups in total. The number of Topliss-reactive ketones (excluding diaryl/α,β-unsaturated/α-hetero) is 1. The Bertz CT molecular complexity index is 937. The highest BCUT2D eigenvalue weighted by atomic mass is 16.2. The van der Waals surface area contributed by atoms with Crippen LogP contribution >= 0.6 is 0 Å². The largest absolute Gasteiger partial charge is 0.326 e. The number of anilines is 3. The normalized spacial score (nSPS) is 16.0. The standard InChI is InChI=1S/C21H21N3O4/c1-13(25)15-6-8-17(9-7-15)23-21(28)16-10-20(27)24(12-16)19-5-3-4-18(11-19)22-14(2)26/h3-9,11,16H,10,12H2,1-2H3,(H,22,26)(H,23,28)/t16-/m1/s1. The van der Waals surface area contributed by atoms with E-state index in [1.54, 1.807) is 53.4 Å². The second-order valence-electron chi connectivity index (χ2n) is 6.76. The molecule has 1 saturated heterocycles. The first-order chi connectivity index (χ1) is 13.3. The van der Waals surface area contributed by atoms with Gasteiger partial charge in [-0.1, -0.05) is 6.07 Å². The van der Waals surface area contributed by atoms with Gasteiger partial charge in [0.25, 0.3) is 0 Å². The lowest BCUT2D eigenvalue weighted by Gasteiger charge is -2.18. The number of hydrogen-bond donors (Lipinski definition) is 2. The van der Waals surface area contributed by atoms with E-state index in [9.17, 15) is 19.2 Å². The van der Waals surface area contributed by atoms with E-state index in [0.717, 1.165) is 0 Å². The van der Waals surface area contributed by atoms with Crippen LogP contribution in [-0.4, -0.2) is 30.0 Å². The van der Waals surface area contributed by atoms with Crippen molar-refractivity contribution < 1.29 is 19.2 Å². The Morgan fingerprint density at radius 2 is 1.68 bits per heavy atom. The third-order valence-corrected chi connectivity index (χ3v) is 4.53. The number of rotatable bonds is 5. The van der Waals surface area contributed by atoms with Crippen molar-refractivity contribution in [1.82, 2.24) is 0 Å². The fourth-order valence-corrected chi connectivity index (χ4v) is 3.12. The summed E-state index contributed by atoms with van der Waals surface area (Å²) in [6.07, 6.45) is 0.113. The van der Waals surface area contributed by atoms with Gasteiger partial charge in [-0.2, -0.15) is 0 Å². The number of carbonyl (C=O) groups excluding carboxylic acids is 4. The van der Waals surface area contributed by atoms with Crippen LogP contribution in [0, 0.1) is 5.92 Å². The van der Waals surface area contributed by atoms with Gasteiger partial charge in [-0.3, -0.25) is 19.2 Å². The maximum atomic E-state index is 12.6. The molecule has 1 atom stereocenters. The fraction of sp³-hybridized carbons (Fsp3) is 0.238. The van der Waals surface area contributed by atoms with Crippen LogP contribution in [0.1, 0.15) is 30.6 Å². The molecule has 7 nitrogen and oxygen atoms in total. The molecule has 1 fully saturated rings. The molecular weight excluding hydrogens is 358 g/mol. The van der Waals surface area contributed by atoms with Gasteiger partial charge >= 0.3 is 0 Å². The zero-order valence-electron chi connectivity index (χ0n) is 15.7. The van der Waals surface area contributed by atoms with Gasteiger partial charge in [-0.05, 0) is 49.4 Å². The molecule has 1 aliphatic heterocycles. The highest BCUT2D eigenvalue weighted by molar-refractivity contribution is 6.04. The van der Waals surface area contributed by atoms with Crippen molar-refractivity contribution in [1.29, 1.82) is 0 Å². The Morgan fingerprint density at radius 1 is 0.964 bits per heavy atom. The van der Waals surface area contributed by atoms with E-state index >= 15 is 0 Å². The Kier molecular flexibility index (Phi) is 5.54. The molecule has 1 heterocycles. The van der Waals surface area contributed by atoms with Gasteiger partial charge in [-0.25, -0.2) is 0 Å². The summed E-state index contributed by atoms with van der Waals surface area (Å²) < 4.78 is 0. The first-order valence-corrected chi connectivity index (χ1v) is 8.93. The topological polar surface area (TPSA) is 95.6 Å². The van der Waals surface area contributed by atoms with Crippen molar-refractivity contribution in [2.75, 3.05) is 22.1 Å². The minimum Gasteiger partial charge on any atom is -0.326 e. The molecule has 3 rings (SSSR count). The average molecular weight is 379 g/mol. The zero-order chi connectivity index (χ0) is 20.3. The minimum atomic E-state index is -0.482. The molecule has 2 aromatic carbocycles. The number of carbonyl (C=O) groups is 4. The second kappa shape index (κ2) is 8.04. The number of ketones is 1. The van der Waals surface area contributed by atoms with E-state index in [1.807, 2.05) is 0 Å². The monoisotopic (exact) mass is 379 g/mol. The third kappa shape index (κ3) is 4.43. The molecular formula is C21H21N3O4. The summed E-state index contributed by atoms with van der Waals surface area (Å²) in [5.41, 5.74) is 2.38. The van der Waals surface area contributed by atoms with E-state index in [-0.39, 0.29) is 36.5 Å². The first kappa shape index (κ1) is 19.3. The van der Waals surface area contributed by atoms with Crippen molar-refractivity contribution in [3.05, 3.63) is 54.1 Å². The van der Waals surface area contributed by atoms with Crippen molar-refractivity contribution in [3.8, 4) is 0 Å². The van der Waals surface area contributed by atoms with Crippen LogP contribution in [0.2, 0.25) is 0 Å². The van der Waals surface area contributed by atoms with E-state index in [1.165, 1.54) is 13.8 Å². The molecule has 0 aliphatic carbocycles. The SMILES string of the molecule is CC(=O)Nc1cccc(N2C[C@H](C(=O)Nc3ccc(C(C)=O)cc3)CC2=O)c1. The fourth-order valence-electron chi connectivity index (χ4n) is 3.12. The molecule has 0 radical (unpaired) electrons. The van der Waals surface area contributed by atoms with Crippen LogP contribution in [-0.2, 0) is 14.4 Å². The summed E-state index contributed by atoms with van der Waals surface area (Å²) in [4.78, 5) is 49.1. The van der Waals surface area contributed by atoms with Crippen molar-refractivity contribution in [2.45, 2.75) is 20.3 Å². The summed E-state index contributed by atoms with van der Waals surface area (Å²) in [5.74, 6) is -1.12. The lowest BCUT2D eigenvalue weighted by molar-refractivity contribution is -0.122. The molecule has 0 saturated carbocycles. The molecule has 0 unspecified atom stereocenters. The Hall–Kier alpha value is -3.48. The number of amides is 3. The number of benzene rings is 2. The van der Waals surface area contributed by atoms with Gasteiger partial charge < -0.3 is 15.5 Å². The molecule has 7 heteroatoms. The summed E-state index contributed by atoms with van der Waals surface area (Å²) in [5, 5.41) is 5.48. The van der Waals surface area contributed by atoms with E-state index < -0.39 is 5.92 Å². The lowest BCUT2D eigenvalue weighted by Crippen LogP contribution is -2.28. The molecule has 0 bridgehead atoms. The van der Waals surface area contributed by atoms with Crippen LogP contribution in [0.3, 0.4) is 0 Å². The molecule has 0 spiro atoms. The van der Waals surface area contributed by atoms with Crippen LogP contribution in [0.25, 0.3) is 0 Å². The van der Waals surface area contributed by atoms with Crippen LogP contribution in [0.5, 0.6) is 0 Å². The van der Waals surface area contributed by atoms with Gasteiger partial charge in [0, 0.05) is 42.5 Å². The quantitative estimate of drug-likeness (QED) is 0.781. The van der Waals surface area contributed by atoms with E-state index in [4.69, 9.17) is 0 Å². The van der Waals surface area contributed by atoms with E-state index in [0.29, 0.717) is 22.6 Å². The summed E-state index contributed by atoms with van der Waals surface area (Å²) in [6.45, 7) is 3.16. The average Bonchev–Trinajstić information content (AvgIpc) is 3.04. The van der Waals surface area contributed by atoms with E-state index in [2.05, 4.69) is 10.6 Å². The molecule has 2 aromatic rings. The summed E-state index contributed by atoms with van der Waals surface area (Å²) >= 11 is 0. The maximum Gasteiger partial charge on any atom is 0.229 e. The van der Waals surface area contributed by atoms with Crippen LogP contribution < -0.4 is 15.5 Å². The Morgan fingerprint density at radius 3 is 2.32 bits per heavy atom. The zero-order valence-corrected chi connectivity index (χ0v) is 15.7. The molecule has 28 heavy (non-hydrogen) atoms. The van der Waals surface area contributed by atoms with Gasteiger partial charge in [0.2, 0.25) is 17.7 Å². The van der Waals surface area contributed by atoms with Gasteiger partial charge in [-0.15, -0.1) is 0 Å². The molecule has 3 amide bonds. The summed E-state index contributed by atoms with van der Waals surface area (Å²) in [7, 11) is 0. The van der Waals surface area contributed by atoms with Gasteiger partial charge in [0.05, 0.1) is 5.92 Å². The lowest BCUT2D eigenvalue weighted by atomic mass is 10.1. The third-order valence-electron chi connectivity index (χ3n) is 4.53. The Balaban J connectivity index is 1.67. The Labute approximate surface area is 162 Å². The predicted molar refractivity (Wildman–Crippen MR) is 106 cm³/mol. The molecule has 0 aromatic heterocycles. The van der Waals surface area contributed by atoms with Gasteiger partial charge in [0.15, 0.2) is 5.78 Å². The predicted octanol–water partition coefficient (Wildman–Crippen LogP) is 2.84. The van der Waals surface area contributed by atoms with Crippen LogP contribution in [0.15, 0.2) is 48.5 Å². The smallest absolute Gasteiger partial charge is 0.229 e. The molecule has 1 aliphatic rings. The maximum absolute atomic E-state index is 12.6. The highest BCUT2D eigenvalue weighted by Crippen LogP contribution is 2.28. The first-order valence-electron chi connectivity index (χ1n) is 8.93. The summed E-state index contributed by atoms with van der Waals surface area (Å²) in [6, 6.07) is 13.6. The molecule has 144 valence electrons. The van der Waals surface area contributed by atoms with Crippen molar-refractivity contribution >= 4 is 40.6 Å². The van der Waals surface area contributed by atoms with Crippen LogP contribution in [0.4, 0.5) is 17.1 Å². The number of hydrogen-bond acceptors (Lipinski definition) is 4. The van der Waals surface area contributed by atoms with Crippen molar-refractivity contribution in [3.63, 3.8) is 0 Å². The number of nitrogens with zero attached hydrogens (tertiary/aromatic N) is 1. The second-order valence-corrected chi connectivity index (χ2v) is 6.76. The highest BCUT2D eigenvalue weighted by Gasteiger charge is 2.35. The number of nitrogens with one attached hydrogen (secondary N) is 2.